The predicted molar refractivity (Wildman–Crippen MR) is 73.3 cm³/mol. The minimum Gasteiger partial charge on any atom is -0.318 e. The number of amides is 2. The summed E-state index contributed by atoms with van der Waals surface area (Å²) in [5.41, 5.74) is 6.24. The summed E-state index contributed by atoms with van der Waals surface area (Å²) in [5.74, 6) is -1.48. The number of hydrazine groups is 1. The molecule has 0 aliphatic carbocycles. The first-order valence-corrected chi connectivity index (χ1v) is 5.73. The van der Waals surface area contributed by atoms with Gasteiger partial charge >= 0.3 is 11.8 Å². The molecule has 5 heteroatoms. The van der Waals surface area contributed by atoms with Gasteiger partial charge in [-0.3, -0.25) is 20.4 Å². The Morgan fingerprint density at radius 3 is 1.79 bits per heavy atom. The van der Waals surface area contributed by atoms with Crippen LogP contribution in [0.3, 0.4) is 0 Å². The highest BCUT2D eigenvalue weighted by Gasteiger charge is 2.12. The summed E-state index contributed by atoms with van der Waals surface area (Å²) in [7, 11) is 0. The summed E-state index contributed by atoms with van der Waals surface area (Å²) < 4.78 is 0. The lowest BCUT2D eigenvalue weighted by molar-refractivity contribution is -0.135. The fraction of sp³-hybridized carbons (Fsp3) is 0. The molecule has 3 N–H and O–H groups in total. The third kappa shape index (κ3) is 3.85. The molecule has 0 fully saturated rings. The van der Waals surface area contributed by atoms with Gasteiger partial charge in [-0.2, -0.15) is 0 Å². The van der Waals surface area contributed by atoms with Gasteiger partial charge in [-0.1, -0.05) is 36.4 Å². The third-order valence-electron chi connectivity index (χ3n) is 2.33. The van der Waals surface area contributed by atoms with E-state index >= 15 is 0 Å². The van der Waals surface area contributed by atoms with Gasteiger partial charge in [0.25, 0.3) is 0 Å². The van der Waals surface area contributed by atoms with Crippen molar-refractivity contribution in [2.45, 2.75) is 0 Å². The second kappa shape index (κ2) is 6.20. The molecule has 0 aliphatic rings. The topological polar surface area (TPSA) is 70.2 Å². The van der Waals surface area contributed by atoms with E-state index in [0.717, 1.165) is 0 Å². The van der Waals surface area contributed by atoms with Crippen molar-refractivity contribution in [3.63, 3.8) is 0 Å². The zero-order valence-corrected chi connectivity index (χ0v) is 10.1. The fourth-order valence-electron chi connectivity index (χ4n) is 1.42. The van der Waals surface area contributed by atoms with Gasteiger partial charge in [-0.05, 0) is 24.3 Å². The molecule has 0 aromatic heterocycles. The summed E-state index contributed by atoms with van der Waals surface area (Å²) >= 11 is 0. The molecule has 96 valence electrons. The van der Waals surface area contributed by atoms with Crippen LogP contribution in [0.5, 0.6) is 0 Å². The number of hydrogen-bond donors (Lipinski definition) is 3. The average Bonchev–Trinajstić information content (AvgIpc) is 2.47. The summed E-state index contributed by atoms with van der Waals surface area (Å²) in [6.45, 7) is 0. The van der Waals surface area contributed by atoms with Crippen LogP contribution in [0.1, 0.15) is 0 Å². The number of nitrogens with one attached hydrogen (secondary N) is 3. The molecule has 0 heterocycles. The van der Waals surface area contributed by atoms with Crippen molar-refractivity contribution < 1.29 is 9.59 Å². The van der Waals surface area contributed by atoms with Crippen LogP contribution in [0.4, 0.5) is 11.4 Å². The lowest BCUT2D eigenvalue weighted by Crippen LogP contribution is -2.38. The molecule has 19 heavy (non-hydrogen) atoms. The molecule has 2 rings (SSSR count). The maximum Gasteiger partial charge on any atom is 0.327 e. The molecule has 0 atom stereocenters. The maximum absolute atomic E-state index is 11.6. The van der Waals surface area contributed by atoms with Gasteiger partial charge in [-0.25, -0.2) is 0 Å². The number of carbonyl (C=O) groups excluding carboxylic acids is 2. The van der Waals surface area contributed by atoms with Crippen molar-refractivity contribution in [2.24, 2.45) is 0 Å². The Labute approximate surface area is 110 Å². The minimum atomic E-state index is -0.757. The minimum absolute atomic E-state index is 0.572. The Morgan fingerprint density at radius 1 is 0.684 bits per heavy atom. The van der Waals surface area contributed by atoms with Crippen molar-refractivity contribution in [3.8, 4) is 0 Å². The van der Waals surface area contributed by atoms with Gasteiger partial charge < -0.3 is 5.32 Å². The molecule has 0 unspecified atom stereocenters. The van der Waals surface area contributed by atoms with Crippen LogP contribution in [0.25, 0.3) is 0 Å². The quantitative estimate of drug-likeness (QED) is 0.578. The lowest BCUT2D eigenvalue weighted by atomic mass is 10.3. The van der Waals surface area contributed by atoms with E-state index in [-0.39, 0.29) is 0 Å². The molecular formula is C14H13N3O2. The number of benzene rings is 2. The van der Waals surface area contributed by atoms with E-state index < -0.39 is 11.8 Å². The van der Waals surface area contributed by atoms with Gasteiger partial charge in [0, 0.05) is 5.69 Å². The molecule has 0 aliphatic heterocycles. The second-order valence-corrected chi connectivity index (χ2v) is 3.77. The number of rotatable bonds is 3. The Bertz CT molecular complexity index is 555. The third-order valence-corrected chi connectivity index (χ3v) is 2.33. The maximum atomic E-state index is 11.6. The second-order valence-electron chi connectivity index (χ2n) is 3.77. The van der Waals surface area contributed by atoms with E-state index in [0.29, 0.717) is 11.4 Å². The zero-order valence-electron chi connectivity index (χ0n) is 10.1. The fourth-order valence-corrected chi connectivity index (χ4v) is 1.42. The highest BCUT2D eigenvalue weighted by Crippen LogP contribution is 2.05. The summed E-state index contributed by atoms with van der Waals surface area (Å²) in [6, 6.07) is 17.8. The molecule has 0 spiro atoms. The molecule has 5 nitrogen and oxygen atoms in total. The number of hydrogen-bond acceptors (Lipinski definition) is 3. The van der Waals surface area contributed by atoms with Crippen LogP contribution in [0.15, 0.2) is 60.7 Å². The summed E-state index contributed by atoms with van der Waals surface area (Å²) in [5, 5.41) is 2.49. The van der Waals surface area contributed by atoms with Gasteiger partial charge in [0.15, 0.2) is 0 Å². The highest BCUT2D eigenvalue weighted by molar-refractivity contribution is 6.39. The van der Waals surface area contributed by atoms with Crippen LogP contribution >= 0.6 is 0 Å². The van der Waals surface area contributed by atoms with Crippen LogP contribution in [-0.2, 0) is 9.59 Å². The first kappa shape index (κ1) is 12.6. The van der Waals surface area contributed by atoms with E-state index in [9.17, 15) is 9.59 Å². The summed E-state index contributed by atoms with van der Waals surface area (Å²) in [6.07, 6.45) is 0. The van der Waals surface area contributed by atoms with E-state index in [1.165, 1.54) is 0 Å². The predicted octanol–water partition coefficient (Wildman–Crippen LogP) is 1.77. The SMILES string of the molecule is O=C(NNc1ccccc1)C(=O)Nc1ccccc1. The van der Waals surface area contributed by atoms with E-state index in [1.807, 2.05) is 24.3 Å². The molecule has 0 saturated heterocycles. The van der Waals surface area contributed by atoms with E-state index in [4.69, 9.17) is 0 Å². The molecule has 0 radical (unpaired) electrons. The van der Waals surface area contributed by atoms with Crippen LogP contribution in [0, 0.1) is 0 Å². The van der Waals surface area contributed by atoms with Crippen molar-refractivity contribution in [1.82, 2.24) is 5.43 Å². The first-order valence-electron chi connectivity index (χ1n) is 5.73. The van der Waals surface area contributed by atoms with Gasteiger partial charge in [0.05, 0.1) is 5.69 Å². The van der Waals surface area contributed by atoms with Gasteiger partial charge in [0.1, 0.15) is 0 Å². The van der Waals surface area contributed by atoms with Crippen LogP contribution in [-0.4, -0.2) is 11.8 Å². The number of carbonyl (C=O) groups is 2. The first-order chi connectivity index (χ1) is 9.25. The van der Waals surface area contributed by atoms with Crippen molar-refractivity contribution >= 4 is 23.2 Å². The zero-order chi connectivity index (χ0) is 13.5. The lowest BCUT2D eigenvalue weighted by Gasteiger charge is -2.08. The van der Waals surface area contributed by atoms with E-state index in [2.05, 4.69) is 16.2 Å². The molecule has 2 aromatic rings. The number of anilines is 2. The molecule has 0 bridgehead atoms. The van der Waals surface area contributed by atoms with Crippen LogP contribution in [0.2, 0.25) is 0 Å². The molecule has 0 saturated carbocycles. The van der Waals surface area contributed by atoms with Gasteiger partial charge in [-0.15, -0.1) is 0 Å². The standard InChI is InChI=1S/C14H13N3O2/c18-13(15-11-7-3-1-4-8-11)14(19)17-16-12-9-5-2-6-10-12/h1-10,16H,(H,15,18)(H,17,19). The summed E-state index contributed by atoms with van der Waals surface area (Å²) in [4.78, 5) is 23.1. The largest absolute Gasteiger partial charge is 0.327 e. The molecule has 2 amide bonds. The monoisotopic (exact) mass is 255 g/mol. The highest BCUT2D eigenvalue weighted by atomic mass is 16.2. The van der Waals surface area contributed by atoms with E-state index in [1.54, 1.807) is 36.4 Å². The Balaban J connectivity index is 1.85. The Morgan fingerprint density at radius 2 is 1.21 bits per heavy atom. The normalized spacial score (nSPS) is 9.47. The molecular weight excluding hydrogens is 242 g/mol. The average molecular weight is 255 g/mol. The van der Waals surface area contributed by atoms with Crippen LogP contribution < -0.4 is 16.2 Å². The van der Waals surface area contributed by atoms with Crippen molar-refractivity contribution in [2.75, 3.05) is 10.7 Å². The van der Waals surface area contributed by atoms with Crippen molar-refractivity contribution in [1.29, 1.82) is 0 Å². The number of para-hydroxylation sites is 2. The Kier molecular flexibility index (Phi) is 4.12. The Hall–Kier alpha value is -2.82. The van der Waals surface area contributed by atoms with Crippen molar-refractivity contribution in [3.05, 3.63) is 60.7 Å². The smallest absolute Gasteiger partial charge is 0.318 e. The van der Waals surface area contributed by atoms with Gasteiger partial charge in [0.2, 0.25) is 0 Å². The molecule has 2 aromatic carbocycles.